The second-order valence-corrected chi connectivity index (χ2v) is 9.57. The smallest absolute Gasteiger partial charge is 0.224 e. The molecule has 2 aliphatic rings. The van der Waals surface area contributed by atoms with Gasteiger partial charge in [-0.05, 0) is 55.2 Å². The summed E-state index contributed by atoms with van der Waals surface area (Å²) in [5, 5.41) is 8.34. The van der Waals surface area contributed by atoms with Crippen molar-refractivity contribution in [1.82, 2.24) is 24.6 Å². The van der Waals surface area contributed by atoms with Crippen LogP contribution in [0.4, 0.5) is 10.2 Å². The van der Waals surface area contributed by atoms with Crippen molar-refractivity contribution in [2.75, 3.05) is 25.0 Å². The number of piperidine rings is 1. The van der Waals surface area contributed by atoms with Gasteiger partial charge in [-0.1, -0.05) is 30.3 Å². The Morgan fingerprint density at radius 3 is 2.67 bits per heavy atom. The summed E-state index contributed by atoms with van der Waals surface area (Å²) >= 11 is 6.35. The van der Waals surface area contributed by atoms with Crippen LogP contribution in [0.5, 0.6) is 0 Å². The molecular weight excluding hydrogens is 439 g/mol. The van der Waals surface area contributed by atoms with E-state index in [2.05, 4.69) is 55.6 Å². The van der Waals surface area contributed by atoms with Gasteiger partial charge < -0.3 is 10.2 Å². The van der Waals surface area contributed by atoms with E-state index in [1.807, 2.05) is 24.1 Å². The van der Waals surface area contributed by atoms with Gasteiger partial charge in [0.25, 0.3) is 0 Å². The third-order valence-electron chi connectivity index (χ3n) is 6.91. The molecular formula is C25H30ClFN6. The summed E-state index contributed by atoms with van der Waals surface area (Å²) in [6.45, 7) is 2.29. The van der Waals surface area contributed by atoms with Crippen molar-refractivity contribution >= 4 is 17.4 Å². The average molecular weight is 469 g/mol. The van der Waals surface area contributed by atoms with Gasteiger partial charge >= 0.3 is 0 Å². The Bertz CT molecular complexity index is 1080. The maximum Gasteiger partial charge on any atom is 0.224 e. The number of aromatic nitrogens is 4. The molecule has 1 aromatic carbocycles. The highest BCUT2D eigenvalue weighted by molar-refractivity contribution is 6.28. The summed E-state index contributed by atoms with van der Waals surface area (Å²) in [6.07, 6.45) is 7.23. The molecule has 1 aliphatic heterocycles. The normalized spacial score (nSPS) is 20.4. The predicted molar refractivity (Wildman–Crippen MR) is 128 cm³/mol. The van der Waals surface area contributed by atoms with E-state index < -0.39 is 6.17 Å². The number of nitrogens with one attached hydrogen (secondary N) is 1. The number of alkyl halides is 1. The molecule has 1 N–H and O–H groups in total. The molecule has 2 atom stereocenters. The van der Waals surface area contributed by atoms with Crippen molar-refractivity contribution in [3.63, 3.8) is 0 Å². The summed E-state index contributed by atoms with van der Waals surface area (Å²) in [7, 11) is 1.92. The molecule has 5 rings (SSSR count). The molecule has 8 heteroatoms. The number of benzene rings is 1. The second-order valence-electron chi connectivity index (χ2n) is 9.24. The first kappa shape index (κ1) is 22.3. The molecule has 1 unspecified atom stereocenters. The van der Waals surface area contributed by atoms with E-state index in [9.17, 15) is 4.39 Å². The van der Waals surface area contributed by atoms with Gasteiger partial charge in [0.1, 0.15) is 12.0 Å². The van der Waals surface area contributed by atoms with Crippen LogP contribution in [0.2, 0.25) is 5.28 Å². The molecule has 2 aromatic heterocycles. The Hall–Kier alpha value is -2.51. The third-order valence-corrected chi connectivity index (χ3v) is 7.08. The maximum absolute atomic E-state index is 13.7. The van der Waals surface area contributed by atoms with Crippen LogP contribution in [0.25, 0.3) is 0 Å². The lowest BCUT2D eigenvalue weighted by Gasteiger charge is -2.33. The standard InChI is InChI=1S/C25H30ClFN6/c1-32-15-19(14-28-32)23(16-33-11-9-20(27)10-12-33)29-24-21-13-18(17-5-3-2-4-6-17)7-8-22(21)30-25(26)31-24/h2-6,14-15,18,20,23H,7-13,16H2,1H3,(H,29,30,31)/t18-,23?/m1/s1. The number of hydrogen-bond donors (Lipinski definition) is 1. The zero-order valence-electron chi connectivity index (χ0n) is 18.9. The van der Waals surface area contributed by atoms with Crippen LogP contribution in [0.15, 0.2) is 42.7 Å². The van der Waals surface area contributed by atoms with Crippen molar-refractivity contribution in [1.29, 1.82) is 0 Å². The van der Waals surface area contributed by atoms with Crippen LogP contribution >= 0.6 is 11.6 Å². The number of anilines is 1. The molecule has 0 amide bonds. The lowest BCUT2D eigenvalue weighted by atomic mass is 9.82. The first-order chi connectivity index (χ1) is 16.0. The van der Waals surface area contributed by atoms with E-state index in [1.54, 1.807) is 0 Å². The number of halogens is 2. The highest BCUT2D eigenvalue weighted by atomic mass is 35.5. The molecule has 0 bridgehead atoms. The third kappa shape index (κ3) is 5.20. The highest BCUT2D eigenvalue weighted by Gasteiger charge is 2.28. The minimum absolute atomic E-state index is 0.0259. The van der Waals surface area contributed by atoms with Gasteiger partial charge in [-0.2, -0.15) is 5.10 Å². The molecule has 1 saturated heterocycles. The molecule has 6 nitrogen and oxygen atoms in total. The average Bonchev–Trinajstić information content (AvgIpc) is 3.26. The first-order valence-corrected chi connectivity index (χ1v) is 12.1. The Kier molecular flexibility index (Phi) is 6.60. The van der Waals surface area contributed by atoms with E-state index in [0.29, 0.717) is 18.8 Å². The zero-order chi connectivity index (χ0) is 22.8. The number of likely N-dealkylation sites (tertiary alicyclic amines) is 1. The molecule has 33 heavy (non-hydrogen) atoms. The van der Waals surface area contributed by atoms with Gasteiger partial charge in [-0.25, -0.2) is 14.4 Å². The molecule has 1 aliphatic carbocycles. The summed E-state index contributed by atoms with van der Waals surface area (Å²) in [4.78, 5) is 11.5. The van der Waals surface area contributed by atoms with E-state index >= 15 is 0 Å². The molecule has 174 valence electrons. The number of fused-ring (bicyclic) bond motifs is 1. The minimum atomic E-state index is -0.686. The predicted octanol–water partition coefficient (Wildman–Crippen LogP) is 4.72. The Morgan fingerprint density at radius 2 is 1.94 bits per heavy atom. The van der Waals surface area contributed by atoms with Crippen LogP contribution in [0.3, 0.4) is 0 Å². The lowest BCUT2D eigenvalue weighted by Crippen LogP contribution is -2.39. The molecule has 3 heterocycles. The largest absolute Gasteiger partial charge is 0.361 e. The van der Waals surface area contributed by atoms with E-state index in [1.165, 1.54) is 5.56 Å². The molecule has 0 radical (unpaired) electrons. The van der Waals surface area contributed by atoms with Gasteiger partial charge in [-0.15, -0.1) is 0 Å². The quantitative estimate of drug-likeness (QED) is 0.530. The fraction of sp³-hybridized carbons (Fsp3) is 0.480. The summed E-state index contributed by atoms with van der Waals surface area (Å²) in [5.41, 5.74) is 4.62. The summed E-state index contributed by atoms with van der Waals surface area (Å²) in [6, 6.07) is 10.6. The number of aryl methyl sites for hydroxylation is 2. The molecule has 0 spiro atoms. The van der Waals surface area contributed by atoms with Crippen LogP contribution in [-0.4, -0.2) is 50.5 Å². The van der Waals surface area contributed by atoms with Crippen LogP contribution < -0.4 is 5.32 Å². The molecule has 0 saturated carbocycles. The minimum Gasteiger partial charge on any atom is -0.361 e. The van der Waals surface area contributed by atoms with Gasteiger partial charge in [-0.3, -0.25) is 4.68 Å². The van der Waals surface area contributed by atoms with Crippen LogP contribution in [0, 0.1) is 0 Å². The monoisotopic (exact) mass is 468 g/mol. The lowest BCUT2D eigenvalue weighted by molar-refractivity contribution is 0.146. The summed E-state index contributed by atoms with van der Waals surface area (Å²) < 4.78 is 15.5. The highest BCUT2D eigenvalue weighted by Crippen LogP contribution is 2.36. The Labute approximate surface area is 199 Å². The number of nitrogens with zero attached hydrogens (tertiary/aromatic N) is 5. The van der Waals surface area contributed by atoms with Crippen molar-refractivity contribution in [2.24, 2.45) is 7.05 Å². The van der Waals surface area contributed by atoms with Gasteiger partial charge in [0, 0.05) is 44.0 Å². The second kappa shape index (κ2) is 9.77. The van der Waals surface area contributed by atoms with Gasteiger partial charge in [0.2, 0.25) is 5.28 Å². The maximum atomic E-state index is 13.7. The summed E-state index contributed by atoms with van der Waals surface area (Å²) in [5.74, 6) is 1.24. The Morgan fingerprint density at radius 1 is 1.15 bits per heavy atom. The number of hydrogen-bond acceptors (Lipinski definition) is 5. The number of rotatable bonds is 6. The van der Waals surface area contributed by atoms with E-state index in [-0.39, 0.29) is 11.3 Å². The molecule has 3 aromatic rings. The van der Waals surface area contributed by atoms with Gasteiger partial charge in [0.05, 0.1) is 17.9 Å². The molecule has 1 fully saturated rings. The van der Waals surface area contributed by atoms with Crippen LogP contribution in [-0.2, 0) is 19.9 Å². The van der Waals surface area contributed by atoms with E-state index in [4.69, 9.17) is 11.6 Å². The fourth-order valence-corrected chi connectivity index (χ4v) is 5.26. The first-order valence-electron chi connectivity index (χ1n) is 11.8. The van der Waals surface area contributed by atoms with Crippen molar-refractivity contribution in [3.8, 4) is 0 Å². The van der Waals surface area contributed by atoms with Gasteiger partial charge in [0.15, 0.2) is 0 Å². The SMILES string of the molecule is Cn1cc(C(CN2CCC(F)CC2)Nc2nc(Cl)nc3c2C[C@H](c2ccccc2)CC3)cn1. The fourth-order valence-electron chi connectivity index (χ4n) is 5.07. The van der Waals surface area contributed by atoms with Crippen molar-refractivity contribution < 1.29 is 4.39 Å². The Balaban J connectivity index is 1.42. The van der Waals surface area contributed by atoms with Crippen molar-refractivity contribution in [3.05, 3.63) is 70.4 Å². The topological polar surface area (TPSA) is 58.9 Å². The van der Waals surface area contributed by atoms with E-state index in [0.717, 1.165) is 61.5 Å². The zero-order valence-corrected chi connectivity index (χ0v) is 19.7. The van der Waals surface area contributed by atoms with Crippen LogP contribution in [0.1, 0.15) is 53.6 Å². The van der Waals surface area contributed by atoms with Crippen molar-refractivity contribution in [2.45, 2.75) is 50.2 Å².